The molecule has 1 aromatic heterocycles. The normalized spacial score (nSPS) is 19.8. The van der Waals surface area contributed by atoms with Crippen molar-refractivity contribution in [2.24, 2.45) is 0 Å². The molecule has 0 saturated carbocycles. The number of fused-ring (bicyclic) bond motifs is 3. The Hall–Kier alpha value is -2.08. The summed E-state index contributed by atoms with van der Waals surface area (Å²) in [5, 5.41) is 14.6. The Kier molecular flexibility index (Phi) is 6.91. The van der Waals surface area contributed by atoms with Gasteiger partial charge in [-0.2, -0.15) is 0 Å². The second-order valence-electron chi connectivity index (χ2n) is 9.28. The van der Waals surface area contributed by atoms with Crippen LogP contribution >= 0.6 is 23.2 Å². The first-order valence-corrected chi connectivity index (χ1v) is 12.6. The van der Waals surface area contributed by atoms with Gasteiger partial charge in [0.15, 0.2) is 0 Å². The van der Waals surface area contributed by atoms with Crippen molar-refractivity contribution in [3.05, 3.63) is 82.3 Å². The Bertz CT molecular complexity index is 1170. The highest BCUT2D eigenvalue weighted by Crippen LogP contribution is 2.32. The predicted molar refractivity (Wildman–Crippen MR) is 137 cm³/mol. The lowest BCUT2D eigenvalue weighted by atomic mass is 10.1. The molecule has 172 valence electrons. The molecule has 5 rings (SSSR count). The number of aliphatic hydroxyl groups is 1. The molecule has 0 unspecified atom stereocenters. The zero-order chi connectivity index (χ0) is 22.8. The molecule has 1 aliphatic rings. The third-order valence-electron chi connectivity index (χ3n) is 6.98. The third-order valence-corrected chi connectivity index (χ3v) is 7.45. The molecule has 0 aliphatic carbocycles. The molecular weight excluding hydrogens is 453 g/mol. The first-order valence-electron chi connectivity index (χ1n) is 11.8. The number of hydrogen-bond donors (Lipinski definition) is 3. The number of piperazine rings is 1. The summed E-state index contributed by atoms with van der Waals surface area (Å²) in [6.45, 7) is 7.08. The molecule has 4 nitrogen and oxygen atoms in total. The van der Waals surface area contributed by atoms with E-state index < -0.39 is 6.10 Å². The number of benzene rings is 3. The van der Waals surface area contributed by atoms with Gasteiger partial charge in [-0.05, 0) is 42.0 Å². The van der Waals surface area contributed by atoms with Gasteiger partial charge in [0.05, 0.1) is 13.1 Å². The quantitative estimate of drug-likeness (QED) is 0.370. The van der Waals surface area contributed by atoms with Gasteiger partial charge in [-0.25, -0.2) is 0 Å². The van der Waals surface area contributed by atoms with Crippen LogP contribution < -0.4 is 9.80 Å². The molecule has 33 heavy (non-hydrogen) atoms. The van der Waals surface area contributed by atoms with Gasteiger partial charge in [0.25, 0.3) is 0 Å². The highest BCUT2D eigenvalue weighted by atomic mass is 35.5. The van der Waals surface area contributed by atoms with E-state index in [1.807, 2.05) is 36.4 Å². The molecule has 6 heteroatoms. The van der Waals surface area contributed by atoms with E-state index in [1.165, 1.54) is 30.1 Å². The van der Waals surface area contributed by atoms with Crippen molar-refractivity contribution >= 4 is 45.0 Å². The molecule has 0 bridgehead atoms. The van der Waals surface area contributed by atoms with Gasteiger partial charge in [-0.1, -0.05) is 53.5 Å². The van der Waals surface area contributed by atoms with Crippen LogP contribution in [-0.2, 0) is 13.0 Å². The second-order valence-corrected chi connectivity index (χ2v) is 10.1. The Morgan fingerprint density at radius 1 is 0.788 bits per heavy atom. The summed E-state index contributed by atoms with van der Waals surface area (Å²) in [6.07, 6.45) is 0.728. The Morgan fingerprint density at radius 3 is 1.97 bits per heavy atom. The van der Waals surface area contributed by atoms with Crippen LogP contribution in [0.1, 0.15) is 5.56 Å². The van der Waals surface area contributed by atoms with Crippen LogP contribution in [0.15, 0.2) is 66.7 Å². The lowest BCUT2D eigenvalue weighted by molar-refractivity contribution is -1.01. The monoisotopic (exact) mass is 483 g/mol. The predicted octanol–water partition coefficient (Wildman–Crippen LogP) is 2.49. The zero-order valence-electron chi connectivity index (χ0n) is 18.7. The van der Waals surface area contributed by atoms with E-state index in [4.69, 9.17) is 23.2 Å². The van der Waals surface area contributed by atoms with Crippen LogP contribution in [0.4, 0.5) is 0 Å². The lowest BCUT2D eigenvalue weighted by Gasteiger charge is -2.31. The Morgan fingerprint density at radius 2 is 1.36 bits per heavy atom. The summed E-state index contributed by atoms with van der Waals surface area (Å²) in [6, 6.07) is 22.6. The maximum Gasteiger partial charge on any atom is 0.127 e. The Balaban J connectivity index is 1.21. The standard InChI is InChI=1S/C27H29Cl2N3O/c28-21-6-8-26-24(16-21)25-17-22(29)7-9-27(25)32(26)19-23(33)18-31-14-12-30(13-15-31)11-10-20-4-2-1-3-5-20/h1-9,16-17,23,33H,10-15,18-19H2/p+2/t23-/m0/s1. The average molecular weight is 484 g/mol. The van der Waals surface area contributed by atoms with Gasteiger partial charge in [0, 0.05) is 38.3 Å². The van der Waals surface area contributed by atoms with Crippen LogP contribution in [0.5, 0.6) is 0 Å². The fourth-order valence-electron chi connectivity index (χ4n) is 5.23. The van der Waals surface area contributed by atoms with Crippen LogP contribution in [-0.4, -0.2) is 55.0 Å². The molecule has 3 aromatic carbocycles. The van der Waals surface area contributed by atoms with Crippen LogP contribution in [0, 0.1) is 0 Å². The average Bonchev–Trinajstić information content (AvgIpc) is 3.11. The van der Waals surface area contributed by atoms with E-state index in [0.717, 1.165) is 47.9 Å². The van der Waals surface area contributed by atoms with Gasteiger partial charge in [0.2, 0.25) is 0 Å². The van der Waals surface area contributed by atoms with Crippen LogP contribution in [0.3, 0.4) is 0 Å². The summed E-state index contributed by atoms with van der Waals surface area (Å²) in [5.74, 6) is 0. The smallest absolute Gasteiger partial charge is 0.127 e. The van der Waals surface area contributed by atoms with Gasteiger partial charge in [0.1, 0.15) is 38.8 Å². The number of rotatable bonds is 7. The molecule has 1 saturated heterocycles. The number of aliphatic hydroxyl groups excluding tert-OH is 1. The number of hydrogen-bond acceptors (Lipinski definition) is 1. The lowest BCUT2D eigenvalue weighted by Crippen LogP contribution is -3.28. The number of nitrogens with zero attached hydrogens (tertiary/aromatic N) is 1. The minimum absolute atomic E-state index is 0.406. The SMILES string of the molecule is O[C@H](Cn1c2ccc(Cl)cc2c2cc(Cl)ccc21)C[NH+]1CC[NH+](CCc2ccccc2)CC1. The number of quaternary nitrogens is 2. The van der Waals surface area contributed by atoms with E-state index >= 15 is 0 Å². The number of halogens is 2. The molecule has 2 heterocycles. The van der Waals surface area contributed by atoms with E-state index in [-0.39, 0.29) is 0 Å². The van der Waals surface area contributed by atoms with Crippen molar-refractivity contribution in [3.63, 3.8) is 0 Å². The van der Waals surface area contributed by atoms with Crippen molar-refractivity contribution in [2.45, 2.75) is 19.1 Å². The minimum Gasteiger partial charge on any atom is -0.385 e. The highest BCUT2D eigenvalue weighted by molar-refractivity contribution is 6.33. The van der Waals surface area contributed by atoms with Crippen molar-refractivity contribution in [2.75, 3.05) is 39.3 Å². The third kappa shape index (κ3) is 5.21. The molecule has 4 aromatic rings. The molecule has 1 atom stereocenters. The molecule has 0 amide bonds. The van der Waals surface area contributed by atoms with Gasteiger partial charge in [-0.15, -0.1) is 0 Å². The first kappa shape index (κ1) is 22.7. The molecule has 1 aliphatic heterocycles. The molecule has 0 spiro atoms. The summed E-state index contributed by atoms with van der Waals surface area (Å²) in [7, 11) is 0. The summed E-state index contributed by atoms with van der Waals surface area (Å²) in [5.41, 5.74) is 3.59. The van der Waals surface area contributed by atoms with E-state index in [9.17, 15) is 5.11 Å². The molecule has 0 radical (unpaired) electrons. The fourth-order valence-corrected chi connectivity index (χ4v) is 5.57. The van der Waals surface area contributed by atoms with E-state index in [1.54, 1.807) is 4.90 Å². The van der Waals surface area contributed by atoms with Gasteiger partial charge in [-0.3, -0.25) is 0 Å². The fraction of sp³-hybridized carbons (Fsp3) is 0.333. The summed E-state index contributed by atoms with van der Waals surface area (Å²) >= 11 is 12.5. The van der Waals surface area contributed by atoms with Crippen LogP contribution in [0.2, 0.25) is 10.0 Å². The largest absolute Gasteiger partial charge is 0.385 e. The zero-order valence-corrected chi connectivity index (χ0v) is 20.2. The number of aromatic nitrogens is 1. The Labute approximate surface area is 204 Å². The maximum atomic E-state index is 11.0. The molecular formula is C27H31Cl2N3O+2. The van der Waals surface area contributed by atoms with Gasteiger partial charge >= 0.3 is 0 Å². The topological polar surface area (TPSA) is 34.0 Å². The summed E-state index contributed by atoms with van der Waals surface area (Å²) < 4.78 is 2.21. The van der Waals surface area contributed by atoms with Crippen molar-refractivity contribution in [1.29, 1.82) is 0 Å². The second kappa shape index (κ2) is 10.0. The van der Waals surface area contributed by atoms with Crippen molar-refractivity contribution in [3.8, 4) is 0 Å². The van der Waals surface area contributed by atoms with E-state index in [0.29, 0.717) is 16.6 Å². The molecule has 3 N–H and O–H groups in total. The maximum absolute atomic E-state index is 11.0. The first-order chi connectivity index (χ1) is 16.1. The highest BCUT2D eigenvalue weighted by Gasteiger charge is 2.25. The van der Waals surface area contributed by atoms with Crippen LogP contribution in [0.25, 0.3) is 21.8 Å². The summed E-state index contributed by atoms with van der Waals surface area (Å²) in [4.78, 5) is 3.17. The van der Waals surface area contributed by atoms with E-state index in [2.05, 4.69) is 34.9 Å². The van der Waals surface area contributed by atoms with Gasteiger partial charge < -0.3 is 19.5 Å². The number of nitrogens with one attached hydrogen (secondary N) is 2. The molecule has 1 fully saturated rings. The minimum atomic E-state index is -0.406. The van der Waals surface area contributed by atoms with Crippen molar-refractivity contribution in [1.82, 2.24) is 4.57 Å². The van der Waals surface area contributed by atoms with Crippen molar-refractivity contribution < 1.29 is 14.9 Å².